The summed E-state index contributed by atoms with van der Waals surface area (Å²) in [6.45, 7) is 4.10. The van der Waals surface area contributed by atoms with Crippen molar-refractivity contribution >= 4 is 11.6 Å². The number of anilines is 1. The fraction of sp³-hybridized carbons (Fsp3) is 0.118. The van der Waals surface area contributed by atoms with Gasteiger partial charge in [-0.15, -0.1) is 6.58 Å². The fourth-order valence-corrected chi connectivity index (χ4v) is 2.01. The van der Waals surface area contributed by atoms with Gasteiger partial charge in [0.25, 0.3) is 0 Å². The Morgan fingerprint density at radius 1 is 1.15 bits per heavy atom. The summed E-state index contributed by atoms with van der Waals surface area (Å²) < 4.78 is 13.1. The standard InChI is InChI=1S/C17H16FNO/c1-2-11-19(16-9-4-3-5-10-16)17(20)13-14-7-6-8-15(18)12-14/h2-10,12H,1,11,13H2. The van der Waals surface area contributed by atoms with Crippen molar-refractivity contribution in [2.24, 2.45) is 0 Å². The lowest BCUT2D eigenvalue weighted by atomic mass is 10.1. The zero-order chi connectivity index (χ0) is 14.4. The Hall–Kier alpha value is -2.42. The zero-order valence-corrected chi connectivity index (χ0v) is 11.1. The minimum absolute atomic E-state index is 0.0818. The molecule has 0 fully saturated rings. The largest absolute Gasteiger partial charge is 0.308 e. The van der Waals surface area contributed by atoms with Crippen molar-refractivity contribution in [1.29, 1.82) is 0 Å². The second-order valence-corrected chi connectivity index (χ2v) is 4.44. The van der Waals surface area contributed by atoms with Gasteiger partial charge in [0.15, 0.2) is 0 Å². The molecule has 20 heavy (non-hydrogen) atoms. The van der Waals surface area contributed by atoms with Crippen LogP contribution in [0.2, 0.25) is 0 Å². The van der Waals surface area contributed by atoms with Crippen LogP contribution in [0, 0.1) is 5.82 Å². The Balaban J connectivity index is 2.17. The summed E-state index contributed by atoms with van der Waals surface area (Å²) >= 11 is 0. The lowest BCUT2D eigenvalue weighted by Gasteiger charge is -2.21. The first-order valence-corrected chi connectivity index (χ1v) is 6.41. The van der Waals surface area contributed by atoms with E-state index >= 15 is 0 Å². The zero-order valence-electron chi connectivity index (χ0n) is 11.1. The molecule has 0 radical (unpaired) electrons. The molecular weight excluding hydrogens is 253 g/mol. The van der Waals surface area contributed by atoms with Crippen LogP contribution in [0.5, 0.6) is 0 Å². The van der Waals surface area contributed by atoms with Crippen LogP contribution in [0.4, 0.5) is 10.1 Å². The van der Waals surface area contributed by atoms with Crippen LogP contribution < -0.4 is 4.90 Å². The van der Waals surface area contributed by atoms with Gasteiger partial charge in [-0.1, -0.05) is 36.4 Å². The maximum Gasteiger partial charge on any atom is 0.231 e. The lowest BCUT2D eigenvalue weighted by Crippen LogP contribution is -2.32. The van der Waals surface area contributed by atoms with E-state index in [9.17, 15) is 9.18 Å². The molecule has 0 heterocycles. The van der Waals surface area contributed by atoms with Gasteiger partial charge in [0, 0.05) is 12.2 Å². The number of hydrogen-bond acceptors (Lipinski definition) is 1. The molecule has 1 amide bonds. The second kappa shape index (κ2) is 6.66. The van der Waals surface area contributed by atoms with Gasteiger partial charge in [0.1, 0.15) is 5.82 Å². The van der Waals surface area contributed by atoms with Crippen molar-refractivity contribution < 1.29 is 9.18 Å². The van der Waals surface area contributed by atoms with Gasteiger partial charge in [-0.05, 0) is 29.8 Å². The minimum atomic E-state index is -0.328. The summed E-state index contributed by atoms with van der Waals surface area (Å²) in [5.74, 6) is -0.410. The van der Waals surface area contributed by atoms with Crippen LogP contribution in [0.25, 0.3) is 0 Å². The average molecular weight is 269 g/mol. The first-order chi connectivity index (χ1) is 9.70. The molecule has 0 unspecified atom stereocenters. The number of rotatable bonds is 5. The van der Waals surface area contributed by atoms with Crippen LogP contribution in [0.1, 0.15) is 5.56 Å². The maximum atomic E-state index is 13.1. The Bertz CT molecular complexity index is 595. The molecule has 0 spiro atoms. The van der Waals surface area contributed by atoms with E-state index < -0.39 is 0 Å². The molecule has 2 aromatic carbocycles. The van der Waals surface area contributed by atoms with Gasteiger partial charge >= 0.3 is 0 Å². The van der Waals surface area contributed by atoms with E-state index in [0.29, 0.717) is 12.1 Å². The molecule has 0 saturated heterocycles. The normalized spacial score (nSPS) is 10.1. The third kappa shape index (κ3) is 3.54. The highest BCUT2D eigenvalue weighted by atomic mass is 19.1. The number of carbonyl (C=O) groups excluding carboxylic acids is 1. The molecular formula is C17H16FNO. The van der Waals surface area contributed by atoms with Crippen molar-refractivity contribution in [2.45, 2.75) is 6.42 Å². The topological polar surface area (TPSA) is 20.3 Å². The van der Waals surface area contributed by atoms with Crippen LogP contribution in [0.3, 0.4) is 0 Å². The molecule has 2 aromatic rings. The molecule has 0 aliphatic heterocycles. The molecule has 0 aromatic heterocycles. The molecule has 0 atom stereocenters. The highest BCUT2D eigenvalue weighted by molar-refractivity contribution is 5.94. The minimum Gasteiger partial charge on any atom is -0.308 e. The molecule has 0 N–H and O–H groups in total. The van der Waals surface area contributed by atoms with Crippen LogP contribution in [-0.4, -0.2) is 12.5 Å². The Kier molecular flexibility index (Phi) is 4.66. The van der Waals surface area contributed by atoms with E-state index in [1.54, 1.807) is 23.1 Å². The van der Waals surface area contributed by atoms with Crippen molar-refractivity contribution in [3.8, 4) is 0 Å². The van der Waals surface area contributed by atoms with E-state index in [-0.39, 0.29) is 18.1 Å². The smallest absolute Gasteiger partial charge is 0.231 e. The van der Waals surface area contributed by atoms with Crippen LogP contribution >= 0.6 is 0 Å². The quantitative estimate of drug-likeness (QED) is 0.760. The van der Waals surface area contributed by atoms with Gasteiger partial charge in [-0.2, -0.15) is 0 Å². The van der Waals surface area contributed by atoms with E-state index in [4.69, 9.17) is 0 Å². The van der Waals surface area contributed by atoms with E-state index in [1.807, 2.05) is 30.3 Å². The maximum absolute atomic E-state index is 13.1. The SMILES string of the molecule is C=CCN(C(=O)Cc1cccc(F)c1)c1ccccc1. The van der Waals surface area contributed by atoms with E-state index in [1.165, 1.54) is 12.1 Å². The number of para-hydroxylation sites is 1. The number of nitrogens with zero attached hydrogens (tertiary/aromatic N) is 1. The van der Waals surface area contributed by atoms with Crippen LogP contribution in [0.15, 0.2) is 67.3 Å². The van der Waals surface area contributed by atoms with E-state index in [2.05, 4.69) is 6.58 Å². The predicted octanol–water partition coefficient (Wildman–Crippen LogP) is 3.59. The highest BCUT2D eigenvalue weighted by Crippen LogP contribution is 2.15. The number of amides is 1. The summed E-state index contributed by atoms with van der Waals surface area (Å²) in [5, 5.41) is 0. The summed E-state index contributed by atoms with van der Waals surface area (Å²) in [6, 6.07) is 15.5. The fourth-order valence-electron chi connectivity index (χ4n) is 2.01. The molecule has 0 aliphatic carbocycles. The molecule has 0 aliphatic rings. The highest BCUT2D eigenvalue weighted by Gasteiger charge is 2.14. The van der Waals surface area contributed by atoms with Gasteiger partial charge in [0.2, 0.25) is 5.91 Å². The third-order valence-electron chi connectivity index (χ3n) is 2.92. The monoisotopic (exact) mass is 269 g/mol. The molecule has 102 valence electrons. The summed E-state index contributed by atoms with van der Waals surface area (Å²) in [6.07, 6.45) is 1.84. The molecule has 2 nitrogen and oxygen atoms in total. The number of halogens is 1. The number of carbonyl (C=O) groups is 1. The molecule has 2 rings (SSSR count). The number of benzene rings is 2. The van der Waals surface area contributed by atoms with Crippen molar-refractivity contribution in [3.05, 3.63) is 78.6 Å². The molecule has 0 bridgehead atoms. The number of hydrogen-bond donors (Lipinski definition) is 0. The van der Waals surface area contributed by atoms with Crippen molar-refractivity contribution in [2.75, 3.05) is 11.4 Å². The van der Waals surface area contributed by atoms with E-state index in [0.717, 1.165) is 5.69 Å². The van der Waals surface area contributed by atoms with Crippen molar-refractivity contribution in [1.82, 2.24) is 0 Å². The first kappa shape index (κ1) is 14.0. The second-order valence-electron chi connectivity index (χ2n) is 4.44. The third-order valence-corrected chi connectivity index (χ3v) is 2.92. The van der Waals surface area contributed by atoms with Gasteiger partial charge in [-0.25, -0.2) is 4.39 Å². The Labute approximate surface area is 118 Å². The summed E-state index contributed by atoms with van der Waals surface area (Å²) in [7, 11) is 0. The average Bonchev–Trinajstić information content (AvgIpc) is 2.45. The van der Waals surface area contributed by atoms with Gasteiger partial charge in [-0.3, -0.25) is 4.79 Å². The Morgan fingerprint density at radius 3 is 2.55 bits per heavy atom. The summed E-state index contributed by atoms with van der Waals surface area (Å²) in [4.78, 5) is 14.0. The Morgan fingerprint density at radius 2 is 1.90 bits per heavy atom. The van der Waals surface area contributed by atoms with Gasteiger partial charge in [0.05, 0.1) is 6.42 Å². The summed E-state index contributed by atoms with van der Waals surface area (Å²) in [5.41, 5.74) is 1.48. The molecule has 0 saturated carbocycles. The van der Waals surface area contributed by atoms with Crippen LogP contribution in [-0.2, 0) is 11.2 Å². The lowest BCUT2D eigenvalue weighted by molar-refractivity contribution is -0.117. The van der Waals surface area contributed by atoms with Crippen molar-refractivity contribution in [3.63, 3.8) is 0 Å². The molecule has 3 heteroatoms. The van der Waals surface area contributed by atoms with Gasteiger partial charge < -0.3 is 4.90 Å². The predicted molar refractivity (Wildman–Crippen MR) is 79.1 cm³/mol. The first-order valence-electron chi connectivity index (χ1n) is 6.41.